The highest BCUT2D eigenvalue weighted by atomic mass is 16.5. The molecular weight excluding hydrogens is 437 g/mol. The van der Waals surface area contributed by atoms with Gasteiger partial charge >= 0.3 is 13.1 Å². The van der Waals surface area contributed by atoms with Crippen LogP contribution in [0.15, 0.2) is 42.5 Å². The van der Waals surface area contributed by atoms with Gasteiger partial charge in [0.05, 0.1) is 18.2 Å². The first-order valence-electron chi connectivity index (χ1n) is 10.7. The van der Waals surface area contributed by atoms with E-state index in [-0.39, 0.29) is 11.6 Å². The van der Waals surface area contributed by atoms with Gasteiger partial charge in [-0.1, -0.05) is 30.3 Å². The fourth-order valence-corrected chi connectivity index (χ4v) is 4.06. The lowest BCUT2D eigenvalue weighted by Gasteiger charge is -2.14. The molecule has 3 heterocycles. The van der Waals surface area contributed by atoms with Gasteiger partial charge in [-0.3, -0.25) is 4.79 Å². The molecular formula is C22H22BN7O4. The molecule has 34 heavy (non-hydrogen) atoms. The molecule has 0 fully saturated rings. The van der Waals surface area contributed by atoms with Crippen molar-refractivity contribution in [3.8, 4) is 12.0 Å². The number of hydrogen-bond donors (Lipinski definition) is 5. The molecule has 2 aromatic heterocycles. The van der Waals surface area contributed by atoms with E-state index in [1.165, 1.54) is 7.11 Å². The van der Waals surface area contributed by atoms with Gasteiger partial charge < -0.3 is 31.2 Å². The van der Waals surface area contributed by atoms with Crippen molar-refractivity contribution >= 4 is 41.2 Å². The summed E-state index contributed by atoms with van der Waals surface area (Å²) in [5, 5.41) is 25.5. The van der Waals surface area contributed by atoms with Gasteiger partial charge in [-0.2, -0.15) is 15.0 Å². The maximum Gasteiger partial charge on any atom is 0.488 e. The minimum atomic E-state index is -1.54. The molecule has 0 radical (unpaired) electrons. The van der Waals surface area contributed by atoms with Crippen molar-refractivity contribution in [2.24, 2.45) is 5.73 Å². The summed E-state index contributed by atoms with van der Waals surface area (Å²) in [6, 6.07) is 12.4. The van der Waals surface area contributed by atoms with E-state index in [4.69, 9.17) is 15.5 Å². The molecule has 0 saturated heterocycles. The maximum absolute atomic E-state index is 11.9. The number of amides is 1. The number of benzene rings is 2. The lowest BCUT2D eigenvalue weighted by atomic mass is 9.80. The van der Waals surface area contributed by atoms with Gasteiger partial charge in [-0.15, -0.1) is 0 Å². The Morgan fingerprint density at radius 3 is 2.82 bits per heavy atom. The number of aromatic nitrogens is 4. The first-order chi connectivity index (χ1) is 16.5. The van der Waals surface area contributed by atoms with E-state index in [0.29, 0.717) is 40.6 Å². The Morgan fingerprint density at radius 2 is 2.06 bits per heavy atom. The third-order valence-corrected chi connectivity index (χ3v) is 5.67. The van der Waals surface area contributed by atoms with Crippen molar-refractivity contribution in [1.29, 1.82) is 0 Å². The van der Waals surface area contributed by atoms with Gasteiger partial charge in [0.2, 0.25) is 5.95 Å². The van der Waals surface area contributed by atoms with E-state index in [1.807, 2.05) is 6.07 Å². The number of carbonyl (C=O) groups excluding carboxylic acids is 1. The number of hydrogen-bond acceptors (Lipinski definition) is 9. The van der Waals surface area contributed by atoms with Crippen molar-refractivity contribution < 1.29 is 19.6 Å². The van der Waals surface area contributed by atoms with Gasteiger partial charge in [0.1, 0.15) is 17.2 Å². The number of fused-ring (bicyclic) bond motifs is 2. The molecule has 2 aromatic carbocycles. The van der Waals surface area contributed by atoms with Crippen LogP contribution in [-0.2, 0) is 13.0 Å². The first-order valence-corrected chi connectivity index (χ1v) is 10.7. The highest BCUT2D eigenvalue weighted by molar-refractivity contribution is 6.58. The van der Waals surface area contributed by atoms with E-state index in [0.717, 1.165) is 24.1 Å². The highest BCUT2D eigenvalue weighted by Crippen LogP contribution is 2.32. The summed E-state index contributed by atoms with van der Waals surface area (Å²) in [4.78, 5) is 25.8. The molecule has 5 rings (SSSR count). The van der Waals surface area contributed by atoms with E-state index in [2.05, 4.69) is 20.6 Å². The Labute approximate surface area is 194 Å². The summed E-state index contributed by atoms with van der Waals surface area (Å²) in [5.41, 5.74) is 9.01. The van der Waals surface area contributed by atoms with Gasteiger partial charge in [0.25, 0.3) is 5.91 Å². The fraction of sp³-hybridized carbons (Fsp3) is 0.182. The van der Waals surface area contributed by atoms with Crippen LogP contribution in [0.25, 0.3) is 17.0 Å². The van der Waals surface area contributed by atoms with Gasteiger partial charge in [-0.05, 0) is 29.6 Å². The molecule has 0 spiro atoms. The molecule has 0 bridgehead atoms. The SMILES string of the molecule is COc1nc2c(C(N)=O)cccc2n1-c1nc2c(c(NCc3cccc(B(O)O)c3)n1)CCN2. The average molecular weight is 459 g/mol. The van der Waals surface area contributed by atoms with E-state index in [9.17, 15) is 14.8 Å². The molecule has 1 aliphatic heterocycles. The average Bonchev–Trinajstić information content (AvgIpc) is 3.46. The summed E-state index contributed by atoms with van der Waals surface area (Å²) in [6.45, 7) is 1.14. The second kappa shape index (κ2) is 8.65. The summed E-state index contributed by atoms with van der Waals surface area (Å²) in [5.74, 6) is 1.06. The highest BCUT2D eigenvalue weighted by Gasteiger charge is 2.24. The number of para-hydroxylation sites is 1. The number of methoxy groups -OCH3 is 1. The molecule has 0 unspecified atom stereocenters. The zero-order valence-electron chi connectivity index (χ0n) is 18.3. The van der Waals surface area contributed by atoms with Crippen LogP contribution in [0.1, 0.15) is 21.5 Å². The minimum Gasteiger partial charge on any atom is -0.468 e. The number of nitrogens with two attached hydrogens (primary N) is 1. The number of rotatable bonds is 7. The number of anilines is 2. The van der Waals surface area contributed by atoms with Crippen LogP contribution >= 0.6 is 0 Å². The summed E-state index contributed by atoms with van der Waals surface area (Å²) >= 11 is 0. The topological polar surface area (TPSA) is 160 Å². The van der Waals surface area contributed by atoms with Crippen LogP contribution in [-0.4, -0.2) is 56.2 Å². The van der Waals surface area contributed by atoms with Gasteiger partial charge in [-0.25, -0.2) is 4.57 Å². The van der Waals surface area contributed by atoms with Crippen LogP contribution < -0.4 is 26.6 Å². The number of ether oxygens (including phenoxy) is 1. The van der Waals surface area contributed by atoms with Crippen LogP contribution in [0.4, 0.5) is 11.6 Å². The predicted octanol–water partition coefficient (Wildman–Crippen LogP) is 0.183. The van der Waals surface area contributed by atoms with Gasteiger partial charge in [0, 0.05) is 18.7 Å². The Bertz CT molecular complexity index is 1410. The van der Waals surface area contributed by atoms with Crippen LogP contribution in [0.5, 0.6) is 6.01 Å². The van der Waals surface area contributed by atoms with Crippen LogP contribution in [0.3, 0.4) is 0 Å². The summed E-state index contributed by atoms with van der Waals surface area (Å²) < 4.78 is 7.11. The molecule has 1 aliphatic rings. The Balaban J connectivity index is 1.58. The van der Waals surface area contributed by atoms with E-state index < -0.39 is 13.0 Å². The number of nitrogens with one attached hydrogen (secondary N) is 2. The lowest BCUT2D eigenvalue weighted by molar-refractivity contribution is 0.100. The molecule has 12 heteroatoms. The van der Waals surface area contributed by atoms with E-state index in [1.54, 1.807) is 41.0 Å². The molecule has 4 aromatic rings. The quantitative estimate of drug-likeness (QED) is 0.243. The Kier molecular flexibility index (Phi) is 5.52. The second-order valence-electron chi connectivity index (χ2n) is 7.82. The molecule has 0 saturated carbocycles. The zero-order valence-corrected chi connectivity index (χ0v) is 18.3. The summed E-state index contributed by atoms with van der Waals surface area (Å²) in [6.07, 6.45) is 0.751. The molecule has 1 amide bonds. The van der Waals surface area contributed by atoms with Crippen molar-refractivity contribution in [3.05, 3.63) is 59.2 Å². The third-order valence-electron chi connectivity index (χ3n) is 5.67. The lowest BCUT2D eigenvalue weighted by Crippen LogP contribution is -2.30. The van der Waals surface area contributed by atoms with E-state index >= 15 is 0 Å². The fourth-order valence-electron chi connectivity index (χ4n) is 4.06. The monoisotopic (exact) mass is 459 g/mol. The first kappa shape index (κ1) is 21.7. The number of imidazole rings is 1. The molecule has 6 N–H and O–H groups in total. The zero-order chi connectivity index (χ0) is 23.8. The minimum absolute atomic E-state index is 0.220. The molecule has 11 nitrogen and oxygen atoms in total. The van der Waals surface area contributed by atoms with Gasteiger partial charge in [0.15, 0.2) is 0 Å². The maximum atomic E-state index is 11.9. The largest absolute Gasteiger partial charge is 0.488 e. The van der Waals surface area contributed by atoms with Crippen LogP contribution in [0.2, 0.25) is 0 Å². The third kappa shape index (κ3) is 3.78. The number of nitrogens with zero attached hydrogens (tertiary/aromatic N) is 4. The Hall–Kier alpha value is -4.16. The van der Waals surface area contributed by atoms with Crippen molar-refractivity contribution in [2.75, 3.05) is 24.3 Å². The molecule has 0 aliphatic carbocycles. The van der Waals surface area contributed by atoms with Crippen molar-refractivity contribution in [3.63, 3.8) is 0 Å². The summed E-state index contributed by atoms with van der Waals surface area (Å²) in [7, 11) is -0.0547. The van der Waals surface area contributed by atoms with Crippen LogP contribution in [0, 0.1) is 0 Å². The normalized spacial score (nSPS) is 12.3. The Morgan fingerprint density at radius 1 is 1.24 bits per heavy atom. The van der Waals surface area contributed by atoms with Crippen molar-refractivity contribution in [2.45, 2.75) is 13.0 Å². The van der Waals surface area contributed by atoms with Crippen molar-refractivity contribution in [1.82, 2.24) is 19.5 Å². The number of primary amides is 1. The standard InChI is InChI=1S/C22H22BN7O4/c1-34-22-27-17-14(18(24)31)6-3-7-16(17)30(22)21-28-19-15(8-9-25-19)20(29-21)26-11-12-4-2-5-13(10-12)23(32)33/h2-7,10,32-33H,8-9,11H2,1H3,(H2,24,31)(H2,25,26,28,29). The number of carbonyl (C=O) groups is 1. The predicted molar refractivity (Wildman–Crippen MR) is 128 cm³/mol. The molecule has 0 atom stereocenters. The second-order valence-corrected chi connectivity index (χ2v) is 7.82. The molecule has 172 valence electrons. The smallest absolute Gasteiger partial charge is 0.468 e.